The number of hydrogen-bond acceptors (Lipinski definition) is 6. The molecule has 0 aromatic heterocycles. The van der Waals surface area contributed by atoms with Crippen molar-refractivity contribution in [3.8, 4) is 0 Å². The molecule has 226 valence electrons. The number of carbonyl (C=O) groups is 2. The topological polar surface area (TPSA) is 95.6 Å². The van der Waals surface area contributed by atoms with Gasteiger partial charge in [-0.1, -0.05) is 6.07 Å². The lowest BCUT2D eigenvalue weighted by atomic mass is 9.81. The third-order valence-electron chi connectivity index (χ3n) is 7.63. The summed E-state index contributed by atoms with van der Waals surface area (Å²) in [5, 5.41) is 5.46. The van der Waals surface area contributed by atoms with Gasteiger partial charge in [0.2, 0.25) is 5.91 Å². The average Bonchev–Trinajstić information content (AvgIpc) is 2.93. The second kappa shape index (κ2) is 14.1. The summed E-state index contributed by atoms with van der Waals surface area (Å²) in [5.41, 5.74) is -1.08. The molecule has 12 heteroatoms. The predicted molar refractivity (Wildman–Crippen MR) is 155 cm³/mol. The van der Waals surface area contributed by atoms with Crippen molar-refractivity contribution in [2.75, 3.05) is 25.6 Å². The van der Waals surface area contributed by atoms with Gasteiger partial charge in [0.1, 0.15) is 0 Å². The summed E-state index contributed by atoms with van der Waals surface area (Å²) in [7, 11) is -1.59. The maximum Gasteiger partial charge on any atom is 0.416 e. The van der Waals surface area contributed by atoms with E-state index in [1.807, 2.05) is 13.3 Å². The number of hydrogen-bond donors (Lipinski definition) is 2. The van der Waals surface area contributed by atoms with Crippen molar-refractivity contribution in [2.45, 2.75) is 73.6 Å². The van der Waals surface area contributed by atoms with Crippen LogP contribution < -0.4 is 10.6 Å². The second-order valence-electron chi connectivity index (χ2n) is 10.7. The van der Waals surface area contributed by atoms with Gasteiger partial charge in [-0.25, -0.2) is 8.42 Å². The largest absolute Gasteiger partial charge is 0.416 e. The van der Waals surface area contributed by atoms with Gasteiger partial charge in [0.15, 0.2) is 9.84 Å². The minimum Gasteiger partial charge on any atom is -0.353 e. The average molecular weight is 614 g/mol. The van der Waals surface area contributed by atoms with Crippen LogP contribution in [0.2, 0.25) is 0 Å². The number of nitrogens with zero attached hydrogens (tertiary/aromatic N) is 1. The molecule has 7 nitrogen and oxygen atoms in total. The Morgan fingerprint density at radius 1 is 1.10 bits per heavy atom. The van der Waals surface area contributed by atoms with Crippen LogP contribution >= 0.6 is 11.8 Å². The van der Waals surface area contributed by atoms with Crippen molar-refractivity contribution in [2.24, 2.45) is 5.92 Å². The first kappa shape index (κ1) is 32.9. The van der Waals surface area contributed by atoms with Gasteiger partial charge in [0.25, 0.3) is 5.91 Å². The molecule has 0 unspecified atom stereocenters. The highest BCUT2D eigenvalue weighted by atomic mass is 32.2. The van der Waals surface area contributed by atoms with E-state index in [-0.39, 0.29) is 59.1 Å². The Hall–Kier alpha value is -2.57. The van der Waals surface area contributed by atoms with Gasteiger partial charge in [-0.15, -0.1) is 11.8 Å². The molecule has 1 saturated carbocycles. The molecule has 2 aromatic carbocycles. The van der Waals surface area contributed by atoms with Gasteiger partial charge in [-0.3, -0.25) is 9.59 Å². The third-order valence-corrected chi connectivity index (χ3v) is 10.2. The van der Waals surface area contributed by atoms with E-state index < -0.39 is 27.5 Å². The number of amides is 2. The molecule has 0 heterocycles. The molecule has 41 heavy (non-hydrogen) atoms. The van der Waals surface area contributed by atoms with Gasteiger partial charge in [0.05, 0.1) is 16.2 Å². The number of rotatable bonds is 11. The third kappa shape index (κ3) is 9.21. The van der Waals surface area contributed by atoms with Crippen molar-refractivity contribution in [1.29, 1.82) is 0 Å². The van der Waals surface area contributed by atoms with Crippen LogP contribution in [-0.4, -0.2) is 68.9 Å². The van der Waals surface area contributed by atoms with E-state index in [1.165, 1.54) is 17.8 Å². The lowest BCUT2D eigenvalue weighted by Crippen LogP contribution is -2.51. The van der Waals surface area contributed by atoms with Crippen LogP contribution in [0.25, 0.3) is 0 Å². The molecule has 0 saturated heterocycles. The molecule has 0 aliphatic heterocycles. The van der Waals surface area contributed by atoms with Crippen LogP contribution in [-0.2, 0) is 20.8 Å². The Labute approximate surface area is 244 Å². The predicted octanol–water partition coefficient (Wildman–Crippen LogP) is 5.01. The van der Waals surface area contributed by atoms with Crippen LogP contribution in [0, 0.1) is 5.92 Å². The molecule has 0 spiro atoms. The van der Waals surface area contributed by atoms with Crippen LogP contribution in [0.15, 0.2) is 58.3 Å². The van der Waals surface area contributed by atoms with E-state index in [4.69, 9.17) is 0 Å². The zero-order valence-corrected chi connectivity index (χ0v) is 25.3. The first-order chi connectivity index (χ1) is 19.2. The minimum absolute atomic E-state index is 0.0723. The van der Waals surface area contributed by atoms with Crippen molar-refractivity contribution < 1.29 is 31.2 Å². The van der Waals surface area contributed by atoms with E-state index in [2.05, 4.69) is 29.4 Å². The van der Waals surface area contributed by atoms with Crippen molar-refractivity contribution in [3.63, 3.8) is 0 Å². The number of carbonyl (C=O) groups excluding carboxylic acids is 2. The van der Waals surface area contributed by atoms with Crippen LogP contribution in [0.1, 0.15) is 55.5 Å². The summed E-state index contributed by atoms with van der Waals surface area (Å²) >= 11 is 1.53. The molecule has 1 aliphatic carbocycles. The van der Waals surface area contributed by atoms with Gasteiger partial charge < -0.3 is 15.5 Å². The molecule has 1 fully saturated rings. The maximum atomic E-state index is 13.4. The lowest BCUT2D eigenvalue weighted by Gasteiger charge is -2.41. The number of benzene rings is 2. The van der Waals surface area contributed by atoms with Crippen molar-refractivity contribution >= 4 is 33.4 Å². The number of nitrogens with one attached hydrogen (secondary N) is 2. The molecule has 0 radical (unpaired) electrons. The highest BCUT2D eigenvalue weighted by molar-refractivity contribution is 7.98. The Morgan fingerprint density at radius 2 is 1.78 bits per heavy atom. The zero-order valence-electron chi connectivity index (χ0n) is 23.7. The van der Waals surface area contributed by atoms with Gasteiger partial charge in [0, 0.05) is 41.6 Å². The van der Waals surface area contributed by atoms with E-state index >= 15 is 0 Å². The fraction of sp³-hybridized carbons (Fsp3) is 0.517. The second-order valence-corrected chi connectivity index (χ2v) is 13.6. The molecule has 3 atom stereocenters. The Bertz CT molecular complexity index is 1300. The Kier molecular flexibility index (Phi) is 11.3. The number of halogens is 3. The Morgan fingerprint density at radius 3 is 2.39 bits per heavy atom. The van der Waals surface area contributed by atoms with E-state index in [0.717, 1.165) is 29.5 Å². The maximum absolute atomic E-state index is 13.4. The molecule has 3 rings (SSSR count). The first-order valence-electron chi connectivity index (χ1n) is 13.5. The van der Waals surface area contributed by atoms with E-state index in [9.17, 15) is 31.2 Å². The normalized spacial score (nSPS) is 19.8. The molecular weight excluding hydrogens is 575 g/mol. The van der Waals surface area contributed by atoms with E-state index in [0.29, 0.717) is 12.8 Å². The summed E-state index contributed by atoms with van der Waals surface area (Å²) in [5.74, 6) is -1.49. The quantitative estimate of drug-likeness (QED) is 0.346. The first-order valence-corrected chi connectivity index (χ1v) is 16.4. The summed E-state index contributed by atoms with van der Waals surface area (Å²) in [4.78, 5) is 28.6. The molecule has 1 aliphatic rings. The zero-order chi connectivity index (χ0) is 30.4. The highest BCUT2D eigenvalue weighted by Gasteiger charge is 2.37. The van der Waals surface area contributed by atoms with Gasteiger partial charge in [-0.2, -0.15) is 13.2 Å². The monoisotopic (exact) mass is 613 g/mol. The fourth-order valence-electron chi connectivity index (χ4n) is 5.07. The number of sulfone groups is 1. The number of thioether (sulfide) groups is 1. The molecule has 2 aromatic rings. The summed E-state index contributed by atoms with van der Waals surface area (Å²) in [6.45, 7) is 4.10. The van der Waals surface area contributed by atoms with E-state index in [1.54, 1.807) is 24.3 Å². The fourth-order valence-corrected chi connectivity index (χ4v) is 7.16. The molecular formula is C29H38F3N3O4S2. The van der Waals surface area contributed by atoms with Crippen molar-refractivity contribution in [1.82, 2.24) is 15.5 Å². The van der Waals surface area contributed by atoms with Crippen LogP contribution in [0.5, 0.6) is 0 Å². The van der Waals surface area contributed by atoms with Crippen molar-refractivity contribution in [3.05, 3.63) is 59.7 Å². The smallest absolute Gasteiger partial charge is 0.353 e. The molecule has 2 N–H and O–H groups in total. The van der Waals surface area contributed by atoms with Crippen LogP contribution in [0.3, 0.4) is 0 Å². The number of alkyl halides is 3. The molecule has 0 bridgehead atoms. The minimum atomic E-state index is -4.57. The molecule has 2 amide bonds. The highest BCUT2D eigenvalue weighted by Crippen LogP contribution is 2.32. The van der Waals surface area contributed by atoms with Crippen LogP contribution in [0.4, 0.5) is 13.2 Å². The standard InChI is InChI=1S/C29H38F3N3O4S2/c1-19(2)35(3)23-8-13-26(21(17-23)18-41(38,39)25-11-9-24(40-4)10-12-25)34-27(36)14-15-33-28(37)20-6-5-7-22(16-20)29(30,31)32/h5-7,9-12,16,19,21,23,26H,8,13-15,17-18H2,1-4H3,(H,33,37)(H,34,36)/t21-,23+,26-/m1/s1. The van der Waals surface area contributed by atoms with Gasteiger partial charge in [-0.05, 0) is 94.8 Å². The summed E-state index contributed by atoms with van der Waals surface area (Å²) < 4.78 is 65.6. The Balaban J connectivity index is 1.64. The summed E-state index contributed by atoms with van der Waals surface area (Å²) in [6.07, 6.45) is -0.733. The summed E-state index contributed by atoms with van der Waals surface area (Å²) in [6, 6.07) is 11.0. The lowest BCUT2D eigenvalue weighted by molar-refractivity contribution is -0.137. The SMILES string of the molecule is CSc1ccc(S(=O)(=O)C[C@H]2C[C@@H](N(C)C(C)C)CC[C@H]2NC(=O)CCNC(=O)c2cccc(C(F)(F)F)c2)cc1. The van der Waals surface area contributed by atoms with Gasteiger partial charge >= 0.3 is 6.18 Å².